The van der Waals surface area contributed by atoms with Crippen LogP contribution in [-0.2, 0) is 11.8 Å². The monoisotopic (exact) mass is 530 g/mol. The van der Waals surface area contributed by atoms with Crippen LogP contribution in [0.3, 0.4) is 0 Å². The third kappa shape index (κ3) is 8.03. The highest BCUT2D eigenvalue weighted by Gasteiger charge is 2.20. The predicted octanol–water partition coefficient (Wildman–Crippen LogP) is 5.34. The first kappa shape index (κ1) is 28.6. The summed E-state index contributed by atoms with van der Waals surface area (Å²) >= 11 is 0. The quantitative estimate of drug-likeness (QED) is 0.105. The summed E-state index contributed by atoms with van der Waals surface area (Å²) in [6, 6.07) is 9.22. The number of nitrogens with zero attached hydrogens (tertiary/aromatic N) is 7. The molecule has 0 saturated heterocycles. The first-order valence-corrected chi connectivity index (χ1v) is 16.4. The Balaban J connectivity index is 2.09. The number of anilines is 1. The number of hydrazine groups is 1. The van der Waals surface area contributed by atoms with Gasteiger partial charge in [-0.2, -0.15) is 15.5 Å². The molecular weight excluding hydrogens is 492 g/mol. The molecule has 0 unspecified atom stereocenters. The average Bonchev–Trinajstić information content (AvgIpc) is 3.24. The van der Waals surface area contributed by atoms with E-state index in [9.17, 15) is 5.26 Å². The molecule has 0 radical (unpaired) electrons. The van der Waals surface area contributed by atoms with Gasteiger partial charge in [-0.3, -0.25) is 9.67 Å². The summed E-state index contributed by atoms with van der Waals surface area (Å²) in [5.74, 6) is 0.742. The van der Waals surface area contributed by atoms with E-state index in [1.807, 2.05) is 68.5 Å². The maximum absolute atomic E-state index is 9.78. The zero-order chi connectivity index (χ0) is 27.7. The van der Waals surface area contributed by atoms with Crippen molar-refractivity contribution in [3.63, 3.8) is 0 Å². The number of ether oxygens (including phenoxy) is 1. The molecular formula is C28H38N8OSi. The van der Waals surface area contributed by atoms with Crippen molar-refractivity contribution in [2.75, 3.05) is 25.0 Å². The van der Waals surface area contributed by atoms with Crippen molar-refractivity contribution in [1.29, 1.82) is 5.26 Å². The fourth-order valence-corrected chi connectivity index (χ4v) is 4.39. The Kier molecular flexibility index (Phi) is 9.82. The van der Waals surface area contributed by atoms with Crippen LogP contribution in [0.2, 0.25) is 25.7 Å². The van der Waals surface area contributed by atoms with Crippen LogP contribution in [-0.4, -0.2) is 54.3 Å². The van der Waals surface area contributed by atoms with Crippen molar-refractivity contribution >= 4 is 36.2 Å². The van der Waals surface area contributed by atoms with E-state index in [2.05, 4.69) is 47.7 Å². The van der Waals surface area contributed by atoms with Crippen LogP contribution in [0.1, 0.15) is 13.8 Å². The first-order chi connectivity index (χ1) is 18.1. The minimum absolute atomic E-state index is 0.210. The first-order valence-electron chi connectivity index (χ1n) is 12.7. The highest BCUT2D eigenvalue weighted by Crippen LogP contribution is 2.25. The standard InChI is InChI=1S/C28H38N8OSi/c1-8-10-23(18-29)19-35(21-37-15-16-38(5,6)7)36(25-11-12-27-24(17-25)20-34(4)32-27)33-26-13-14-28(30-9-2)31-22(26)3/h8,10-14,17,19-20H,3,9,15-16,21H2,1-2,4-7H3,(H,30,31)/b10-8+,23-19+,33-26-. The third-order valence-electron chi connectivity index (χ3n) is 5.58. The molecule has 0 fully saturated rings. The smallest absolute Gasteiger partial charge is 0.139 e. The summed E-state index contributed by atoms with van der Waals surface area (Å²) in [6.07, 6.45) is 11.1. The second-order valence-corrected chi connectivity index (χ2v) is 15.7. The van der Waals surface area contributed by atoms with Gasteiger partial charge in [-0.1, -0.05) is 32.3 Å². The van der Waals surface area contributed by atoms with Gasteiger partial charge < -0.3 is 10.1 Å². The van der Waals surface area contributed by atoms with Crippen LogP contribution < -0.4 is 10.4 Å². The summed E-state index contributed by atoms with van der Waals surface area (Å²) in [5, 5.41) is 27.0. The molecule has 1 aliphatic heterocycles. The van der Waals surface area contributed by atoms with Crippen molar-refractivity contribution in [2.24, 2.45) is 17.1 Å². The Hall–Kier alpha value is -3.94. The minimum Gasteiger partial charge on any atom is -0.360 e. The number of hydrogen-bond acceptors (Lipinski definition) is 7. The van der Waals surface area contributed by atoms with Crippen molar-refractivity contribution < 1.29 is 4.74 Å². The van der Waals surface area contributed by atoms with Crippen LogP contribution in [0.15, 0.2) is 82.8 Å². The topological polar surface area (TPSA) is 94.1 Å². The van der Waals surface area contributed by atoms with Gasteiger partial charge in [0.2, 0.25) is 0 Å². The molecule has 3 rings (SSSR count). The molecule has 0 aliphatic carbocycles. The van der Waals surface area contributed by atoms with E-state index in [1.165, 1.54) is 0 Å². The molecule has 9 nitrogen and oxygen atoms in total. The van der Waals surface area contributed by atoms with Crippen molar-refractivity contribution in [3.05, 3.63) is 72.7 Å². The van der Waals surface area contributed by atoms with Gasteiger partial charge in [0.1, 0.15) is 24.3 Å². The molecule has 1 aliphatic rings. The van der Waals surface area contributed by atoms with E-state index in [-0.39, 0.29) is 6.73 Å². The number of aryl methyl sites for hydroxylation is 1. The van der Waals surface area contributed by atoms with Crippen LogP contribution in [0, 0.1) is 11.3 Å². The van der Waals surface area contributed by atoms with Gasteiger partial charge in [-0.15, -0.1) is 5.10 Å². The van der Waals surface area contributed by atoms with Gasteiger partial charge in [0.25, 0.3) is 0 Å². The maximum Gasteiger partial charge on any atom is 0.139 e. The van der Waals surface area contributed by atoms with Gasteiger partial charge in [0, 0.05) is 46.1 Å². The summed E-state index contributed by atoms with van der Waals surface area (Å²) in [4.78, 5) is 4.42. The Morgan fingerprint density at radius 3 is 2.76 bits per heavy atom. The maximum atomic E-state index is 9.78. The zero-order valence-electron chi connectivity index (χ0n) is 23.3. The highest BCUT2D eigenvalue weighted by molar-refractivity contribution is 6.76. The lowest BCUT2D eigenvalue weighted by Crippen LogP contribution is -2.39. The molecule has 200 valence electrons. The number of hydrazone groups is 1. The Labute approximate surface area is 226 Å². The fraction of sp³-hybridized carbons (Fsp3) is 0.357. The second kappa shape index (κ2) is 13.0. The van der Waals surface area contributed by atoms with Gasteiger partial charge in [-0.05, 0) is 56.3 Å². The summed E-state index contributed by atoms with van der Waals surface area (Å²) in [5.41, 5.74) is 3.41. The second-order valence-electron chi connectivity index (χ2n) is 10.1. The van der Waals surface area contributed by atoms with E-state index in [0.717, 1.165) is 28.5 Å². The van der Waals surface area contributed by atoms with E-state index in [1.54, 1.807) is 22.1 Å². The minimum atomic E-state index is -1.27. The largest absolute Gasteiger partial charge is 0.360 e. The third-order valence-corrected chi connectivity index (χ3v) is 7.28. The number of fused-ring (bicyclic) bond motifs is 1. The number of allylic oxidation sites excluding steroid dienone is 4. The number of rotatable bonds is 11. The molecule has 0 saturated carbocycles. The zero-order valence-corrected chi connectivity index (χ0v) is 24.3. The van der Waals surface area contributed by atoms with Crippen LogP contribution in [0.25, 0.3) is 10.9 Å². The van der Waals surface area contributed by atoms with Crippen molar-refractivity contribution in [3.8, 4) is 6.07 Å². The molecule has 1 aromatic heterocycles. The molecule has 0 spiro atoms. The molecule has 2 heterocycles. The number of nitriles is 1. The summed E-state index contributed by atoms with van der Waals surface area (Å²) < 4.78 is 7.92. The molecule has 0 amide bonds. The van der Waals surface area contributed by atoms with E-state index in [0.29, 0.717) is 30.1 Å². The fourth-order valence-electron chi connectivity index (χ4n) is 3.63. The van der Waals surface area contributed by atoms with Crippen LogP contribution >= 0.6 is 0 Å². The van der Waals surface area contributed by atoms with Crippen LogP contribution in [0.5, 0.6) is 0 Å². The highest BCUT2D eigenvalue weighted by atomic mass is 28.3. The van der Waals surface area contributed by atoms with Crippen LogP contribution in [0.4, 0.5) is 5.69 Å². The lowest BCUT2D eigenvalue weighted by atomic mass is 10.2. The molecule has 0 bridgehead atoms. The molecule has 2 aromatic rings. The van der Waals surface area contributed by atoms with Gasteiger partial charge in [0.05, 0.1) is 22.5 Å². The van der Waals surface area contributed by atoms with Crippen molar-refractivity contribution in [2.45, 2.75) is 39.5 Å². The Bertz CT molecular complexity index is 1340. The molecule has 38 heavy (non-hydrogen) atoms. The number of aromatic nitrogens is 2. The SMILES string of the molecule is C=C1NC(=NCC)C=C/C1=N/N(c1ccc2nn(C)cc2c1)N(/C=C(C#N)\C=C\C)COCC[Si](C)(C)C. The van der Waals surface area contributed by atoms with Crippen molar-refractivity contribution in [1.82, 2.24) is 20.1 Å². The predicted molar refractivity (Wildman–Crippen MR) is 159 cm³/mol. The summed E-state index contributed by atoms with van der Waals surface area (Å²) in [6.45, 7) is 16.5. The van der Waals surface area contributed by atoms with E-state index < -0.39 is 8.07 Å². The lowest BCUT2D eigenvalue weighted by molar-refractivity contribution is 0.0557. The molecule has 1 aromatic carbocycles. The van der Waals surface area contributed by atoms with E-state index >= 15 is 0 Å². The van der Waals surface area contributed by atoms with Gasteiger partial charge in [0.15, 0.2) is 0 Å². The lowest BCUT2D eigenvalue weighted by Gasteiger charge is -2.32. The number of amidine groups is 1. The van der Waals surface area contributed by atoms with E-state index in [4.69, 9.17) is 9.84 Å². The van der Waals surface area contributed by atoms with Gasteiger partial charge >= 0.3 is 0 Å². The average molecular weight is 531 g/mol. The summed E-state index contributed by atoms with van der Waals surface area (Å²) in [7, 11) is 0.625. The number of nitrogens with one attached hydrogen (secondary N) is 1. The Morgan fingerprint density at radius 1 is 1.32 bits per heavy atom. The molecule has 0 atom stereocenters. The molecule has 10 heteroatoms. The Morgan fingerprint density at radius 2 is 2.11 bits per heavy atom. The number of hydrogen-bond donors (Lipinski definition) is 1. The number of benzene rings is 1. The normalized spacial score (nSPS) is 16.4. The molecule has 1 N–H and O–H groups in total. The number of aliphatic imine (C=N–C) groups is 1. The van der Waals surface area contributed by atoms with Gasteiger partial charge in [-0.25, -0.2) is 5.01 Å².